The summed E-state index contributed by atoms with van der Waals surface area (Å²) in [5.41, 5.74) is 5.32. The Morgan fingerprint density at radius 2 is 1.88 bits per heavy atom. The smallest absolute Gasteiger partial charge is 0.0483 e. The summed E-state index contributed by atoms with van der Waals surface area (Å²) in [7, 11) is 0. The van der Waals surface area contributed by atoms with E-state index in [9.17, 15) is 0 Å². The average Bonchev–Trinajstić information content (AvgIpc) is 2.26. The van der Waals surface area contributed by atoms with Crippen molar-refractivity contribution in [2.24, 2.45) is 5.92 Å². The molecule has 0 atom stereocenters. The van der Waals surface area contributed by atoms with Crippen LogP contribution >= 0.6 is 11.6 Å². The fraction of sp³-hybridized carbons (Fsp3) is 0.467. The molecule has 0 aliphatic rings. The van der Waals surface area contributed by atoms with E-state index in [1.54, 1.807) is 0 Å². The van der Waals surface area contributed by atoms with E-state index in [2.05, 4.69) is 40.7 Å². The molecule has 0 amide bonds. The number of halogens is 1. The van der Waals surface area contributed by atoms with Gasteiger partial charge in [-0.05, 0) is 49.0 Å². The zero-order valence-electron chi connectivity index (χ0n) is 10.9. The molecule has 0 aromatic heterocycles. The molecule has 0 aliphatic carbocycles. The Balaban J connectivity index is 3.38. The van der Waals surface area contributed by atoms with E-state index in [-0.39, 0.29) is 0 Å². The molecule has 16 heavy (non-hydrogen) atoms. The van der Waals surface area contributed by atoms with Gasteiger partial charge in [-0.25, -0.2) is 0 Å². The fourth-order valence-electron chi connectivity index (χ4n) is 1.91. The van der Waals surface area contributed by atoms with Crippen LogP contribution in [0, 0.1) is 5.92 Å². The van der Waals surface area contributed by atoms with Crippen LogP contribution < -0.4 is 0 Å². The highest BCUT2D eigenvalue weighted by atomic mass is 35.5. The first kappa shape index (κ1) is 13.3. The SMILES string of the molecule is CCc1cccc(Cl)c1/C(C)=C(\C)C(C)C. The molecular weight excluding hydrogens is 216 g/mol. The predicted molar refractivity (Wildman–Crippen MR) is 73.9 cm³/mol. The normalized spacial score (nSPS) is 12.9. The Labute approximate surface area is 104 Å². The highest BCUT2D eigenvalue weighted by molar-refractivity contribution is 6.32. The predicted octanol–water partition coefficient (Wildman–Crippen LogP) is 5.35. The van der Waals surface area contributed by atoms with Crippen LogP contribution in [0.15, 0.2) is 23.8 Å². The maximum atomic E-state index is 6.32. The first-order valence-corrected chi connectivity index (χ1v) is 6.31. The molecule has 0 aliphatic heterocycles. The fourth-order valence-corrected chi connectivity index (χ4v) is 2.25. The molecule has 0 N–H and O–H groups in total. The molecule has 1 aromatic carbocycles. The molecule has 1 rings (SSSR count). The first-order chi connectivity index (χ1) is 7.49. The van der Waals surface area contributed by atoms with Crippen molar-refractivity contribution >= 4 is 17.2 Å². The standard InChI is InChI=1S/C15H21Cl/c1-6-13-8-7-9-14(16)15(13)12(5)11(4)10(2)3/h7-10H,6H2,1-5H3/b12-11+. The van der Waals surface area contributed by atoms with E-state index in [0.717, 1.165) is 11.4 Å². The van der Waals surface area contributed by atoms with Gasteiger partial charge in [-0.2, -0.15) is 0 Å². The minimum Gasteiger partial charge on any atom is -0.0837 e. The third-order valence-corrected chi connectivity index (χ3v) is 3.63. The van der Waals surface area contributed by atoms with E-state index < -0.39 is 0 Å². The molecule has 0 saturated carbocycles. The summed E-state index contributed by atoms with van der Waals surface area (Å²) in [5.74, 6) is 0.570. The molecule has 1 heteroatoms. The van der Waals surface area contributed by atoms with Gasteiger partial charge in [0.2, 0.25) is 0 Å². The molecule has 1 aromatic rings. The number of hydrogen-bond acceptors (Lipinski definition) is 0. The van der Waals surface area contributed by atoms with Crippen molar-refractivity contribution in [3.8, 4) is 0 Å². The summed E-state index contributed by atoms with van der Waals surface area (Å²) in [4.78, 5) is 0. The van der Waals surface area contributed by atoms with Gasteiger partial charge in [-0.15, -0.1) is 0 Å². The zero-order valence-corrected chi connectivity index (χ0v) is 11.7. The van der Waals surface area contributed by atoms with E-state index in [1.807, 2.05) is 12.1 Å². The van der Waals surface area contributed by atoms with Crippen molar-refractivity contribution in [1.82, 2.24) is 0 Å². The summed E-state index contributed by atoms with van der Waals surface area (Å²) >= 11 is 6.32. The number of hydrogen-bond donors (Lipinski definition) is 0. The lowest BCUT2D eigenvalue weighted by Crippen LogP contribution is -1.97. The van der Waals surface area contributed by atoms with Gasteiger partial charge in [0, 0.05) is 5.02 Å². The van der Waals surface area contributed by atoms with E-state index in [1.165, 1.54) is 22.3 Å². The van der Waals surface area contributed by atoms with E-state index >= 15 is 0 Å². The van der Waals surface area contributed by atoms with Crippen LogP contribution in [0.2, 0.25) is 5.02 Å². The Bertz CT molecular complexity index is 400. The van der Waals surface area contributed by atoms with Gasteiger partial charge in [0.15, 0.2) is 0 Å². The summed E-state index contributed by atoms with van der Waals surface area (Å²) in [6, 6.07) is 6.17. The van der Waals surface area contributed by atoms with E-state index in [0.29, 0.717) is 5.92 Å². The lowest BCUT2D eigenvalue weighted by molar-refractivity contribution is 0.771. The maximum absolute atomic E-state index is 6.32. The van der Waals surface area contributed by atoms with Crippen molar-refractivity contribution in [2.75, 3.05) is 0 Å². The third kappa shape index (κ3) is 2.68. The number of benzene rings is 1. The van der Waals surface area contributed by atoms with Crippen LogP contribution in [0.3, 0.4) is 0 Å². The largest absolute Gasteiger partial charge is 0.0837 e. The number of allylic oxidation sites excluding steroid dienone is 2. The Hall–Kier alpha value is -0.750. The molecule has 0 radical (unpaired) electrons. The van der Waals surface area contributed by atoms with Gasteiger partial charge in [-0.3, -0.25) is 0 Å². The van der Waals surface area contributed by atoms with Gasteiger partial charge < -0.3 is 0 Å². The molecule has 0 bridgehead atoms. The third-order valence-electron chi connectivity index (χ3n) is 3.31. The van der Waals surface area contributed by atoms with Crippen molar-refractivity contribution < 1.29 is 0 Å². The summed E-state index contributed by atoms with van der Waals surface area (Å²) in [5, 5.41) is 0.872. The Morgan fingerprint density at radius 3 is 2.38 bits per heavy atom. The van der Waals surface area contributed by atoms with Crippen molar-refractivity contribution in [1.29, 1.82) is 0 Å². The van der Waals surface area contributed by atoms with Crippen molar-refractivity contribution in [2.45, 2.75) is 41.0 Å². The maximum Gasteiger partial charge on any atom is 0.0483 e. The van der Waals surface area contributed by atoms with Gasteiger partial charge >= 0.3 is 0 Å². The highest BCUT2D eigenvalue weighted by Crippen LogP contribution is 2.31. The van der Waals surface area contributed by atoms with Gasteiger partial charge in [0.05, 0.1) is 0 Å². The summed E-state index contributed by atoms with van der Waals surface area (Å²) in [6.45, 7) is 11.0. The van der Waals surface area contributed by atoms with Crippen LogP contribution in [0.25, 0.3) is 5.57 Å². The minimum absolute atomic E-state index is 0.570. The number of aryl methyl sites for hydroxylation is 1. The lowest BCUT2D eigenvalue weighted by Gasteiger charge is -2.16. The van der Waals surface area contributed by atoms with Crippen LogP contribution in [0.1, 0.15) is 45.7 Å². The Kier molecular flexibility index (Phi) is 4.61. The minimum atomic E-state index is 0.570. The zero-order chi connectivity index (χ0) is 12.3. The molecule has 0 saturated heterocycles. The van der Waals surface area contributed by atoms with Gasteiger partial charge in [-0.1, -0.05) is 50.1 Å². The molecule has 0 unspecified atom stereocenters. The monoisotopic (exact) mass is 236 g/mol. The molecule has 0 nitrogen and oxygen atoms in total. The molecule has 0 spiro atoms. The summed E-state index contributed by atoms with van der Waals surface area (Å²) in [6.07, 6.45) is 1.03. The van der Waals surface area contributed by atoms with Crippen LogP contribution in [0.4, 0.5) is 0 Å². The first-order valence-electron chi connectivity index (χ1n) is 5.94. The lowest BCUT2D eigenvalue weighted by atomic mass is 9.91. The average molecular weight is 237 g/mol. The summed E-state index contributed by atoms with van der Waals surface area (Å²) < 4.78 is 0. The van der Waals surface area contributed by atoms with Gasteiger partial charge in [0.25, 0.3) is 0 Å². The second kappa shape index (κ2) is 5.54. The molecule has 0 fully saturated rings. The number of rotatable bonds is 3. The Morgan fingerprint density at radius 1 is 1.25 bits per heavy atom. The second-order valence-corrected chi connectivity index (χ2v) is 5.00. The van der Waals surface area contributed by atoms with Crippen molar-refractivity contribution in [3.05, 3.63) is 39.9 Å². The van der Waals surface area contributed by atoms with Crippen LogP contribution in [0.5, 0.6) is 0 Å². The van der Waals surface area contributed by atoms with Crippen molar-refractivity contribution in [3.63, 3.8) is 0 Å². The highest BCUT2D eigenvalue weighted by Gasteiger charge is 2.11. The van der Waals surface area contributed by atoms with Crippen LogP contribution in [-0.4, -0.2) is 0 Å². The van der Waals surface area contributed by atoms with Gasteiger partial charge in [0.1, 0.15) is 0 Å². The second-order valence-electron chi connectivity index (χ2n) is 4.59. The van der Waals surface area contributed by atoms with Crippen LogP contribution in [-0.2, 0) is 6.42 Å². The topological polar surface area (TPSA) is 0 Å². The van der Waals surface area contributed by atoms with E-state index in [4.69, 9.17) is 11.6 Å². The molecule has 88 valence electrons. The quantitative estimate of drug-likeness (QED) is 0.664. The molecule has 0 heterocycles. The molecular formula is C15H21Cl.